The summed E-state index contributed by atoms with van der Waals surface area (Å²) in [5, 5.41) is 3.36. The molecule has 0 unspecified atom stereocenters. The summed E-state index contributed by atoms with van der Waals surface area (Å²) in [6.45, 7) is 4.43. The van der Waals surface area contributed by atoms with Crippen molar-refractivity contribution in [3.05, 3.63) is 18.2 Å². The molecule has 0 aliphatic carbocycles. The first-order valence-electron chi connectivity index (χ1n) is 6.11. The van der Waals surface area contributed by atoms with E-state index < -0.39 is 0 Å². The third-order valence-electron chi connectivity index (χ3n) is 2.98. The summed E-state index contributed by atoms with van der Waals surface area (Å²) in [5.41, 5.74) is 0. The Kier molecular flexibility index (Phi) is 5.16. The van der Waals surface area contributed by atoms with Crippen molar-refractivity contribution in [1.82, 2.24) is 10.2 Å². The summed E-state index contributed by atoms with van der Waals surface area (Å²) in [4.78, 5) is 3.67. The lowest BCUT2D eigenvalue weighted by atomic mass is 10.3. The molecular weight excluding hydrogens is 248 g/mol. The van der Waals surface area contributed by atoms with Gasteiger partial charge in [-0.05, 0) is 18.2 Å². The topological polar surface area (TPSA) is 33.7 Å². The van der Waals surface area contributed by atoms with Gasteiger partial charge in [-0.15, -0.1) is 11.8 Å². The molecule has 1 saturated heterocycles. The predicted molar refractivity (Wildman–Crippen MR) is 74.7 cm³/mol. The molecule has 1 heterocycles. The molecule has 5 heteroatoms. The molecule has 1 fully saturated rings. The van der Waals surface area contributed by atoms with Gasteiger partial charge in [-0.2, -0.15) is 0 Å². The summed E-state index contributed by atoms with van der Waals surface area (Å²) in [7, 11) is 3.33. The third kappa shape index (κ3) is 3.54. The highest BCUT2D eigenvalue weighted by Crippen LogP contribution is 2.32. The zero-order chi connectivity index (χ0) is 12.8. The average molecular weight is 268 g/mol. The zero-order valence-corrected chi connectivity index (χ0v) is 11.8. The van der Waals surface area contributed by atoms with E-state index >= 15 is 0 Å². The van der Waals surface area contributed by atoms with Crippen molar-refractivity contribution in [2.45, 2.75) is 4.90 Å². The first kappa shape index (κ1) is 13.5. The Labute approximate surface area is 113 Å². The minimum atomic E-state index is 0.782. The van der Waals surface area contributed by atoms with Crippen molar-refractivity contribution < 1.29 is 9.47 Å². The number of hydrogen-bond donors (Lipinski definition) is 1. The molecule has 1 aromatic rings. The van der Waals surface area contributed by atoms with Crippen molar-refractivity contribution >= 4 is 11.8 Å². The smallest absolute Gasteiger partial charge is 0.161 e. The van der Waals surface area contributed by atoms with Gasteiger partial charge >= 0.3 is 0 Å². The van der Waals surface area contributed by atoms with E-state index in [-0.39, 0.29) is 0 Å². The van der Waals surface area contributed by atoms with Gasteiger partial charge in [-0.1, -0.05) is 0 Å². The summed E-state index contributed by atoms with van der Waals surface area (Å²) in [6, 6.07) is 6.07. The molecule has 1 N–H and O–H groups in total. The summed E-state index contributed by atoms with van der Waals surface area (Å²) >= 11 is 1.84. The van der Waals surface area contributed by atoms with Crippen LogP contribution in [0.3, 0.4) is 0 Å². The first-order valence-corrected chi connectivity index (χ1v) is 7.10. The zero-order valence-electron chi connectivity index (χ0n) is 10.9. The second kappa shape index (κ2) is 6.87. The van der Waals surface area contributed by atoms with Crippen LogP contribution in [-0.4, -0.2) is 51.2 Å². The lowest BCUT2D eigenvalue weighted by Gasteiger charge is -2.26. The third-order valence-corrected chi connectivity index (χ3v) is 4.06. The Bertz CT molecular complexity index is 381. The number of hydrogen-bond acceptors (Lipinski definition) is 5. The Balaban J connectivity index is 1.92. The van der Waals surface area contributed by atoms with Crippen LogP contribution >= 0.6 is 11.8 Å². The fraction of sp³-hybridized carbons (Fsp3) is 0.538. The van der Waals surface area contributed by atoms with E-state index in [0.29, 0.717) is 0 Å². The van der Waals surface area contributed by atoms with Gasteiger partial charge in [-0.3, -0.25) is 4.90 Å². The van der Waals surface area contributed by atoms with Crippen molar-refractivity contribution in [2.75, 3.05) is 46.3 Å². The van der Waals surface area contributed by atoms with Gasteiger partial charge in [0.1, 0.15) is 0 Å². The van der Waals surface area contributed by atoms with Crippen LogP contribution in [0.5, 0.6) is 11.5 Å². The Morgan fingerprint density at radius 2 is 1.89 bits per heavy atom. The predicted octanol–water partition coefficient (Wildman–Crippen LogP) is 1.66. The van der Waals surface area contributed by atoms with E-state index in [1.54, 1.807) is 14.2 Å². The number of rotatable bonds is 5. The Morgan fingerprint density at radius 1 is 1.17 bits per heavy atom. The molecule has 0 aromatic heterocycles. The van der Waals surface area contributed by atoms with Gasteiger partial charge in [0.05, 0.1) is 14.2 Å². The molecule has 2 rings (SSSR count). The minimum absolute atomic E-state index is 0.782. The highest BCUT2D eigenvalue weighted by molar-refractivity contribution is 7.99. The average Bonchev–Trinajstić information content (AvgIpc) is 2.45. The monoisotopic (exact) mass is 268 g/mol. The molecule has 0 saturated carbocycles. The van der Waals surface area contributed by atoms with Crippen LogP contribution in [0.15, 0.2) is 23.1 Å². The molecule has 18 heavy (non-hydrogen) atoms. The number of nitrogens with one attached hydrogen (secondary N) is 1. The molecule has 0 amide bonds. The van der Waals surface area contributed by atoms with Crippen LogP contribution in [0.1, 0.15) is 0 Å². The Morgan fingerprint density at radius 3 is 2.56 bits per heavy atom. The van der Waals surface area contributed by atoms with Gasteiger partial charge in [-0.25, -0.2) is 0 Å². The molecule has 100 valence electrons. The molecule has 0 atom stereocenters. The number of thioether (sulfide) groups is 1. The standard InChI is InChI=1S/C13H20N2O2S/c1-16-12-4-3-11(9-13(12)17-2)18-10-15-7-5-14-6-8-15/h3-4,9,14H,5-8,10H2,1-2H3. The molecule has 1 aliphatic rings. The SMILES string of the molecule is COc1ccc(SCN2CCNCC2)cc1OC. The largest absolute Gasteiger partial charge is 0.493 e. The van der Waals surface area contributed by atoms with Crippen LogP contribution in [0.2, 0.25) is 0 Å². The summed E-state index contributed by atoms with van der Waals surface area (Å²) < 4.78 is 10.5. The van der Waals surface area contributed by atoms with Crippen LogP contribution in [0.4, 0.5) is 0 Å². The van der Waals surface area contributed by atoms with Crippen molar-refractivity contribution in [2.24, 2.45) is 0 Å². The second-order valence-corrected chi connectivity index (χ2v) is 5.18. The van der Waals surface area contributed by atoms with Gasteiger partial charge in [0.15, 0.2) is 11.5 Å². The number of methoxy groups -OCH3 is 2. The molecule has 0 radical (unpaired) electrons. The Hall–Kier alpha value is -0.910. The summed E-state index contributed by atoms with van der Waals surface area (Å²) in [5.74, 6) is 2.60. The van der Waals surface area contributed by atoms with Crippen LogP contribution < -0.4 is 14.8 Å². The van der Waals surface area contributed by atoms with Gasteiger partial charge < -0.3 is 14.8 Å². The lowest BCUT2D eigenvalue weighted by Crippen LogP contribution is -2.43. The highest BCUT2D eigenvalue weighted by atomic mass is 32.2. The van der Waals surface area contributed by atoms with E-state index in [9.17, 15) is 0 Å². The van der Waals surface area contributed by atoms with E-state index in [4.69, 9.17) is 9.47 Å². The van der Waals surface area contributed by atoms with E-state index in [0.717, 1.165) is 43.6 Å². The molecule has 0 bridgehead atoms. The molecule has 1 aromatic carbocycles. The maximum atomic E-state index is 5.31. The molecular formula is C13H20N2O2S. The minimum Gasteiger partial charge on any atom is -0.493 e. The maximum Gasteiger partial charge on any atom is 0.161 e. The van der Waals surface area contributed by atoms with Gasteiger partial charge in [0, 0.05) is 37.0 Å². The molecule has 4 nitrogen and oxygen atoms in total. The first-order chi connectivity index (χ1) is 8.83. The van der Waals surface area contributed by atoms with Crippen LogP contribution in [0, 0.1) is 0 Å². The van der Waals surface area contributed by atoms with E-state index in [1.807, 2.05) is 23.9 Å². The van der Waals surface area contributed by atoms with Gasteiger partial charge in [0.2, 0.25) is 0 Å². The number of benzene rings is 1. The fourth-order valence-corrected chi connectivity index (χ4v) is 2.86. The van der Waals surface area contributed by atoms with Crippen molar-refractivity contribution in [1.29, 1.82) is 0 Å². The quantitative estimate of drug-likeness (QED) is 0.821. The van der Waals surface area contributed by atoms with Crippen molar-refractivity contribution in [3.63, 3.8) is 0 Å². The second-order valence-electron chi connectivity index (χ2n) is 4.16. The van der Waals surface area contributed by atoms with Crippen LogP contribution in [0.25, 0.3) is 0 Å². The number of piperazine rings is 1. The van der Waals surface area contributed by atoms with E-state index in [1.165, 1.54) is 4.90 Å². The van der Waals surface area contributed by atoms with Crippen LogP contribution in [-0.2, 0) is 0 Å². The van der Waals surface area contributed by atoms with Gasteiger partial charge in [0.25, 0.3) is 0 Å². The molecule has 1 aliphatic heterocycles. The highest BCUT2D eigenvalue weighted by Gasteiger charge is 2.10. The normalized spacial score (nSPS) is 16.6. The fourth-order valence-electron chi connectivity index (χ4n) is 1.91. The number of ether oxygens (including phenoxy) is 2. The van der Waals surface area contributed by atoms with Crippen molar-refractivity contribution in [3.8, 4) is 11.5 Å². The lowest BCUT2D eigenvalue weighted by molar-refractivity contribution is 0.280. The van der Waals surface area contributed by atoms with E-state index in [2.05, 4.69) is 16.3 Å². The maximum absolute atomic E-state index is 5.31. The number of nitrogens with zero attached hydrogens (tertiary/aromatic N) is 1. The summed E-state index contributed by atoms with van der Waals surface area (Å²) in [6.07, 6.45) is 0. The molecule has 0 spiro atoms.